The van der Waals surface area contributed by atoms with Crippen molar-refractivity contribution in [3.05, 3.63) is 78.5 Å². The molecule has 0 saturated carbocycles. The fourth-order valence-corrected chi connectivity index (χ4v) is 4.20. The molecule has 0 aliphatic carbocycles. The zero-order chi connectivity index (χ0) is 22.2. The maximum atomic E-state index is 5.90. The lowest BCUT2D eigenvalue weighted by atomic mass is 10.1. The molecule has 0 radical (unpaired) electrons. The van der Waals surface area contributed by atoms with Crippen LogP contribution in [0, 0.1) is 0 Å². The second-order valence-corrected chi connectivity index (χ2v) is 8.05. The number of hydrogen-bond donors (Lipinski definition) is 2. The lowest BCUT2D eigenvalue weighted by molar-refractivity contribution is 0.122. The number of nitrogens with two attached hydrogens (primary N) is 1. The molecule has 6 rings (SSSR count). The Morgan fingerprint density at radius 2 is 1.79 bits per heavy atom. The van der Waals surface area contributed by atoms with Gasteiger partial charge in [-0.3, -0.25) is 5.01 Å². The highest BCUT2D eigenvalue weighted by Crippen LogP contribution is 2.29. The number of nitrogens with zero attached hydrogens (tertiary/aromatic N) is 6. The summed E-state index contributed by atoms with van der Waals surface area (Å²) >= 11 is 0. The van der Waals surface area contributed by atoms with E-state index >= 15 is 0 Å². The second-order valence-electron chi connectivity index (χ2n) is 8.05. The van der Waals surface area contributed by atoms with Crippen molar-refractivity contribution in [3.63, 3.8) is 0 Å². The molecule has 1 atom stereocenters. The summed E-state index contributed by atoms with van der Waals surface area (Å²) < 4.78 is 7.45. The third kappa shape index (κ3) is 3.77. The molecule has 3 N–H and O–H groups in total. The van der Waals surface area contributed by atoms with Gasteiger partial charge in [-0.2, -0.15) is 9.61 Å². The number of fused-ring (bicyclic) bond motifs is 1. The molecule has 2 aliphatic heterocycles. The van der Waals surface area contributed by atoms with Gasteiger partial charge in [-0.05, 0) is 23.8 Å². The fraction of sp³-hybridized carbons (Fsp3) is 0.208. The molecule has 1 unspecified atom stereocenters. The van der Waals surface area contributed by atoms with Gasteiger partial charge in [-0.1, -0.05) is 36.4 Å². The second kappa shape index (κ2) is 8.19. The molecule has 1 saturated heterocycles. The van der Waals surface area contributed by atoms with Crippen LogP contribution in [0.2, 0.25) is 0 Å². The van der Waals surface area contributed by atoms with Crippen molar-refractivity contribution in [2.24, 2.45) is 0 Å². The van der Waals surface area contributed by atoms with Crippen LogP contribution < -0.4 is 21.1 Å². The number of hydrogen-bond acceptors (Lipinski definition) is 8. The minimum Gasteiger partial charge on any atom is -0.384 e. The average molecular weight is 441 g/mol. The lowest BCUT2D eigenvalue weighted by Crippen LogP contribution is -2.38. The maximum absolute atomic E-state index is 5.90. The summed E-state index contributed by atoms with van der Waals surface area (Å²) in [6.45, 7) is 2.95. The number of nitrogens with one attached hydrogen (secondary N) is 1. The van der Waals surface area contributed by atoms with Gasteiger partial charge in [0.1, 0.15) is 17.3 Å². The Morgan fingerprint density at radius 3 is 2.61 bits per heavy atom. The first-order valence-corrected chi connectivity index (χ1v) is 11.0. The highest BCUT2D eigenvalue weighted by molar-refractivity contribution is 5.67. The number of nitrogen functional groups attached to an aromatic ring is 1. The van der Waals surface area contributed by atoms with Gasteiger partial charge in [-0.25, -0.2) is 15.4 Å². The van der Waals surface area contributed by atoms with Crippen LogP contribution in [0.1, 0.15) is 11.6 Å². The van der Waals surface area contributed by atoms with E-state index in [0.29, 0.717) is 19.0 Å². The molecule has 3 aromatic heterocycles. The quantitative estimate of drug-likeness (QED) is 0.500. The van der Waals surface area contributed by atoms with Crippen LogP contribution in [0.25, 0.3) is 17.0 Å². The van der Waals surface area contributed by atoms with Gasteiger partial charge in [0.2, 0.25) is 0 Å². The van der Waals surface area contributed by atoms with E-state index in [1.54, 1.807) is 6.07 Å². The predicted octanol–water partition coefficient (Wildman–Crippen LogP) is 2.79. The lowest BCUT2D eigenvalue weighted by Gasteiger charge is -2.29. The van der Waals surface area contributed by atoms with Crippen molar-refractivity contribution in [2.45, 2.75) is 6.04 Å². The van der Waals surface area contributed by atoms with Gasteiger partial charge >= 0.3 is 0 Å². The monoisotopic (exact) mass is 440 g/mol. The summed E-state index contributed by atoms with van der Waals surface area (Å²) in [5.74, 6) is 2.22. The average Bonchev–Trinajstić information content (AvgIpc) is 3.52. The summed E-state index contributed by atoms with van der Waals surface area (Å²) in [6.07, 6.45) is 4.16. The molecule has 0 spiro atoms. The summed E-state index contributed by atoms with van der Waals surface area (Å²) in [7, 11) is 0. The molecular weight excluding hydrogens is 416 g/mol. The van der Waals surface area contributed by atoms with Gasteiger partial charge < -0.3 is 15.4 Å². The van der Waals surface area contributed by atoms with Crippen LogP contribution in [-0.2, 0) is 4.74 Å². The van der Waals surface area contributed by atoms with Crippen molar-refractivity contribution < 1.29 is 4.74 Å². The molecule has 0 amide bonds. The largest absolute Gasteiger partial charge is 0.384 e. The Balaban J connectivity index is 1.40. The topological polar surface area (TPSA) is 96.8 Å². The maximum Gasteiger partial charge on any atom is 0.160 e. The number of ether oxygens (including phenoxy) is 1. The van der Waals surface area contributed by atoms with E-state index in [-0.39, 0.29) is 6.04 Å². The van der Waals surface area contributed by atoms with Gasteiger partial charge in [0.05, 0.1) is 24.9 Å². The Morgan fingerprint density at radius 1 is 0.939 bits per heavy atom. The zero-order valence-corrected chi connectivity index (χ0v) is 18.0. The van der Waals surface area contributed by atoms with E-state index in [9.17, 15) is 0 Å². The highest BCUT2D eigenvalue weighted by atomic mass is 16.5. The first-order valence-electron chi connectivity index (χ1n) is 11.0. The van der Waals surface area contributed by atoms with Crippen LogP contribution in [0.4, 0.5) is 17.5 Å². The van der Waals surface area contributed by atoms with Gasteiger partial charge in [0, 0.05) is 31.4 Å². The standard InChI is InChI=1S/C24H24N8O/c25-21-8-4-7-19(26-21)20-15-23-27-22(16-24(32(23)29-20)30-11-13-33-14-12-30)31-10-9-18(28-31)17-5-2-1-3-6-17/h1-10,15-16,18,28H,11-14H2,(H2,25,26). The Kier molecular flexibility index (Phi) is 4.89. The summed E-state index contributed by atoms with van der Waals surface area (Å²) in [5, 5.41) is 6.79. The SMILES string of the molecule is Nc1cccc(-c2cc3nc(N4C=CC(c5ccccc5)N4)cc(N4CCOCC4)n3n2)n1. The van der Waals surface area contributed by atoms with E-state index in [4.69, 9.17) is 20.6 Å². The number of rotatable bonds is 4. The smallest absolute Gasteiger partial charge is 0.160 e. The Bertz CT molecular complexity index is 1310. The van der Waals surface area contributed by atoms with Crippen molar-refractivity contribution in [1.29, 1.82) is 0 Å². The third-order valence-electron chi connectivity index (χ3n) is 5.87. The van der Waals surface area contributed by atoms with Crippen LogP contribution in [-0.4, -0.2) is 45.9 Å². The minimum atomic E-state index is 0.0908. The van der Waals surface area contributed by atoms with Gasteiger partial charge in [0.15, 0.2) is 11.5 Å². The molecule has 33 heavy (non-hydrogen) atoms. The van der Waals surface area contributed by atoms with E-state index in [1.165, 1.54) is 5.56 Å². The molecule has 1 aromatic carbocycles. The van der Waals surface area contributed by atoms with Crippen molar-refractivity contribution in [1.82, 2.24) is 25.0 Å². The molecule has 166 valence electrons. The fourth-order valence-electron chi connectivity index (χ4n) is 4.20. The highest BCUT2D eigenvalue weighted by Gasteiger charge is 2.23. The van der Waals surface area contributed by atoms with Gasteiger partial charge in [0.25, 0.3) is 0 Å². The first kappa shape index (κ1) is 19.7. The minimum absolute atomic E-state index is 0.0908. The van der Waals surface area contributed by atoms with E-state index < -0.39 is 0 Å². The number of benzene rings is 1. The zero-order valence-electron chi connectivity index (χ0n) is 18.0. The molecule has 4 aromatic rings. The molecule has 0 bridgehead atoms. The van der Waals surface area contributed by atoms with Crippen molar-refractivity contribution >= 4 is 23.1 Å². The Hall–Kier alpha value is -3.95. The molecule has 1 fully saturated rings. The van der Waals surface area contributed by atoms with Gasteiger partial charge in [-0.15, -0.1) is 0 Å². The number of aromatic nitrogens is 4. The van der Waals surface area contributed by atoms with E-state index in [0.717, 1.165) is 41.8 Å². The molecular formula is C24H24N8O. The number of anilines is 3. The summed E-state index contributed by atoms with van der Waals surface area (Å²) in [6, 6.07) is 20.0. The molecule has 9 heteroatoms. The van der Waals surface area contributed by atoms with Crippen LogP contribution in [0.5, 0.6) is 0 Å². The molecule has 9 nitrogen and oxygen atoms in total. The Labute approximate surface area is 191 Å². The van der Waals surface area contributed by atoms with E-state index in [2.05, 4.69) is 39.6 Å². The van der Waals surface area contributed by atoms with Crippen molar-refractivity contribution in [2.75, 3.05) is 41.9 Å². The van der Waals surface area contributed by atoms with Crippen LogP contribution in [0.15, 0.2) is 72.9 Å². The summed E-state index contributed by atoms with van der Waals surface area (Å²) in [4.78, 5) is 11.6. The van der Waals surface area contributed by atoms with Crippen LogP contribution in [0.3, 0.4) is 0 Å². The van der Waals surface area contributed by atoms with Crippen LogP contribution >= 0.6 is 0 Å². The number of hydrazine groups is 1. The van der Waals surface area contributed by atoms with Crippen molar-refractivity contribution in [3.8, 4) is 11.4 Å². The summed E-state index contributed by atoms with van der Waals surface area (Å²) in [5.41, 5.74) is 12.8. The normalized spacial score (nSPS) is 18.4. The molecule has 5 heterocycles. The first-order chi connectivity index (χ1) is 16.2. The predicted molar refractivity (Wildman–Crippen MR) is 128 cm³/mol. The number of pyridine rings is 1. The van der Waals surface area contributed by atoms with E-state index in [1.807, 2.05) is 52.1 Å². The number of morpholine rings is 1. The molecule has 2 aliphatic rings. The third-order valence-corrected chi connectivity index (χ3v) is 5.87.